The highest BCUT2D eigenvalue weighted by atomic mass is 16.6. The number of hydrogen-bond donors (Lipinski definition) is 0. The van der Waals surface area contributed by atoms with E-state index in [-0.39, 0.29) is 11.9 Å². The van der Waals surface area contributed by atoms with E-state index in [4.69, 9.17) is 4.74 Å². The molecule has 3 rings (SSSR count). The highest BCUT2D eigenvalue weighted by molar-refractivity contribution is 5.90. The van der Waals surface area contributed by atoms with Crippen molar-refractivity contribution in [1.29, 1.82) is 0 Å². The summed E-state index contributed by atoms with van der Waals surface area (Å²) in [7, 11) is 0. The first-order valence-corrected chi connectivity index (χ1v) is 7.32. The van der Waals surface area contributed by atoms with Gasteiger partial charge in [0.05, 0.1) is 0 Å². The zero-order valence-corrected chi connectivity index (χ0v) is 13.0. The number of esters is 1. The van der Waals surface area contributed by atoms with Crippen LogP contribution in [0.4, 0.5) is 0 Å². The maximum atomic E-state index is 12.4. The van der Waals surface area contributed by atoms with Gasteiger partial charge in [-0.1, -0.05) is 31.6 Å². The van der Waals surface area contributed by atoms with Crippen molar-refractivity contribution in [1.82, 2.24) is 0 Å². The Morgan fingerprint density at radius 3 is 2.42 bits per heavy atom. The molecule has 0 aliphatic heterocycles. The Bertz CT molecular complexity index is 435. The molecule has 0 amide bonds. The topological polar surface area (TPSA) is 26.3 Å². The summed E-state index contributed by atoms with van der Waals surface area (Å²) in [4.78, 5) is 12.4. The molecule has 0 aromatic rings. The van der Waals surface area contributed by atoms with Gasteiger partial charge in [-0.2, -0.15) is 0 Å². The normalized spacial score (nSPS) is 30.2. The van der Waals surface area contributed by atoms with Crippen LogP contribution in [0.3, 0.4) is 0 Å². The molecular formula is C17H26O2. The van der Waals surface area contributed by atoms with E-state index in [1.54, 1.807) is 0 Å². The molecule has 2 heteroatoms. The number of ether oxygens (including phenoxy) is 1. The van der Waals surface area contributed by atoms with Gasteiger partial charge in [0, 0.05) is 11.5 Å². The molecule has 3 aliphatic carbocycles. The van der Waals surface area contributed by atoms with E-state index in [0.29, 0.717) is 17.8 Å². The van der Waals surface area contributed by atoms with Gasteiger partial charge in [-0.25, -0.2) is 4.79 Å². The second-order valence-electron chi connectivity index (χ2n) is 7.31. The van der Waals surface area contributed by atoms with E-state index >= 15 is 0 Å². The fraction of sp³-hybridized carbons (Fsp3) is 0.706. The summed E-state index contributed by atoms with van der Waals surface area (Å²) in [6.07, 6.45) is 5.61. The van der Waals surface area contributed by atoms with E-state index in [1.165, 1.54) is 12.0 Å². The second-order valence-corrected chi connectivity index (χ2v) is 7.31. The molecule has 2 bridgehead atoms. The van der Waals surface area contributed by atoms with Crippen LogP contribution in [0.2, 0.25) is 0 Å². The lowest BCUT2D eigenvalue weighted by Crippen LogP contribution is -2.37. The lowest BCUT2D eigenvalue weighted by Gasteiger charge is -2.42. The molecular weight excluding hydrogens is 236 g/mol. The van der Waals surface area contributed by atoms with Crippen molar-refractivity contribution in [2.75, 3.05) is 0 Å². The Labute approximate surface area is 116 Å². The lowest BCUT2D eigenvalue weighted by molar-refractivity contribution is -0.150. The largest absolute Gasteiger partial charge is 0.457 e. The monoisotopic (exact) mass is 262 g/mol. The third-order valence-electron chi connectivity index (χ3n) is 4.25. The predicted molar refractivity (Wildman–Crippen MR) is 77.6 cm³/mol. The fourth-order valence-corrected chi connectivity index (χ4v) is 3.23. The summed E-state index contributed by atoms with van der Waals surface area (Å²) in [6, 6.07) is 0. The molecule has 2 nitrogen and oxygen atoms in total. The zero-order chi connectivity index (χ0) is 14.4. The van der Waals surface area contributed by atoms with Crippen molar-refractivity contribution in [2.24, 2.45) is 23.7 Å². The molecule has 2 unspecified atom stereocenters. The highest BCUT2D eigenvalue weighted by Gasteiger charge is 2.40. The van der Waals surface area contributed by atoms with Crippen LogP contribution in [0.5, 0.6) is 0 Å². The average Bonchev–Trinajstić information content (AvgIpc) is 2.26. The van der Waals surface area contributed by atoms with Crippen LogP contribution in [0, 0.1) is 23.7 Å². The summed E-state index contributed by atoms with van der Waals surface area (Å²) in [5.41, 5.74) is 1.88. The minimum atomic E-state index is -0.416. The lowest BCUT2D eigenvalue weighted by atomic mass is 9.63. The summed E-state index contributed by atoms with van der Waals surface area (Å²) >= 11 is 0. The maximum absolute atomic E-state index is 12.4. The predicted octanol–water partition coefficient (Wildman–Crippen LogP) is 4.12. The quantitative estimate of drug-likeness (QED) is 0.552. The maximum Gasteiger partial charge on any atom is 0.334 e. The Morgan fingerprint density at radius 1 is 1.32 bits per heavy atom. The number of hydrogen-bond acceptors (Lipinski definition) is 2. The molecule has 3 atom stereocenters. The van der Waals surface area contributed by atoms with Crippen molar-refractivity contribution in [3.63, 3.8) is 0 Å². The molecule has 0 aromatic carbocycles. The van der Waals surface area contributed by atoms with Gasteiger partial charge in [0.2, 0.25) is 0 Å². The Kier molecular flexibility index (Phi) is 3.63. The Hall–Kier alpha value is -1.05. The molecule has 3 aliphatic rings. The van der Waals surface area contributed by atoms with E-state index in [1.807, 2.05) is 20.8 Å². The van der Waals surface area contributed by atoms with Crippen molar-refractivity contribution in [2.45, 2.75) is 53.6 Å². The van der Waals surface area contributed by atoms with Gasteiger partial charge in [0.25, 0.3) is 0 Å². The summed E-state index contributed by atoms with van der Waals surface area (Å²) < 4.78 is 5.56. The van der Waals surface area contributed by atoms with Crippen molar-refractivity contribution in [3.05, 3.63) is 23.3 Å². The molecule has 0 fully saturated rings. The first kappa shape index (κ1) is 14.4. The first-order valence-electron chi connectivity index (χ1n) is 7.32. The van der Waals surface area contributed by atoms with Gasteiger partial charge in [0.15, 0.2) is 0 Å². The summed E-state index contributed by atoms with van der Waals surface area (Å²) in [5, 5.41) is 0. The summed E-state index contributed by atoms with van der Waals surface area (Å²) in [5.74, 6) is 1.72. The third-order valence-corrected chi connectivity index (χ3v) is 4.25. The first-order chi connectivity index (χ1) is 8.69. The van der Waals surface area contributed by atoms with Gasteiger partial charge >= 0.3 is 5.97 Å². The number of carbonyl (C=O) groups excluding carboxylic acids is 1. The van der Waals surface area contributed by atoms with Crippen molar-refractivity contribution < 1.29 is 9.53 Å². The third kappa shape index (κ3) is 2.93. The minimum absolute atomic E-state index is 0.128. The molecule has 0 radical (unpaired) electrons. The van der Waals surface area contributed by atoms with Crippen LogP contribution >= 0.6 is 0 Å². The van der Waals surface area contributed by atoms with Crippen LogP contribution in [-0.4, -0.2) is 11.6 Å². The average molecular weight is 262 g/mol. The van der Waals surface area contributed by atoms with Crippen LogP contribution in [0.15, 0.2) is 23.3 Å². The van der Waals surface area contributed by atoms with E-state index in [9.17, 15) is 4.79 Å². The zero-order valence-electron chi connectivity index (χ0n) is 13.0. The SMILES string of the molecule is CC1=CC2C(C(=O)OC(C)(C)C)=C[C@@H]1CC2C(C)C. The van der Waals surface area contributed by atoms with Crippen LogP contribution in [-0.2, 0) is 9.53 Å². The molecule has 0 saturated carbocycles. The molecule has 0 N–H and O–H groups in total. The van der Waals surface area contributed by atoms with Crippen LogP contribution in [0.1, 0.15) is 48.0 Å². The minimum Gasteiger partial charge on any atom is -0.457 e. The molecule has 0 aromatic heterocycles. The Morgan fingerprint density at radius 2 is 1.95 bits per heavy atom. The van der Waals surface area contributed by atoms with Crippen molar-refractivity contribution >= 4 is 5.97 Å². The molecule has 106 valence electrons. The standard InChI is InChI=1S/C17H26O2/c1-10(2)13-8-12-9-15(14(13)7-11(12)3)16(18)19-17(4,5)6/h7,9-10,12-14H,8H2,1-6H3/t12-,13?,14?/m0/s1. The fourth-order valence-electron chi connectivity index (χ4n) is 3.23. The van der Waals surface area contributed by atoms with Crippen LogP contribution in [0.25, 0.3) is 0 Å². The smallest absolute Gasteiger partial charge is 0.334 e. The van der Waals surface area contributed by atoms with E-state index in [2.05, 4.69) is 32.9 Å². The molecule has 0 saturated heterocycles. The van der Waals surface area contributed by atoms with E-state index in [0.717, 1.165) is 5.57 Å². The van der Waals surface area contributed by atoms with Crippen LogP contribution < -0.4 is 0 Å². The second kappa shape index (κ2) is 4.81. The van der Waals surface area contributed by atoms with Gasteiger partial charge < -0.3 is 4.74 Å². The molecule has 0 spiro atoms. The van der Waals surface area contributed by atoms with Crippen molar-refractivity contribution in [3.8, 4) is 0 Å². The number of fused-ring (bicyclic) bond motifs is 1. The highest BCUT2D eigenvalue weighted by Crippen LogP contribution is 2.46. The van der Waals surface area contributed by atoms with Gasteiger partial charge in [-0.15, -0.1) is 0 Å². The van der Waals surface area contributed by atoms with Gasteiger partial charge in [-0.3, -0.25) is 0 Å². The molecule has 0 heterocycles. The Balaban J connectivity index is 2.24. The van der Waals surface area contributed by atoms with Gasteiger partial charge in [0.1, 0.15) is 5.60 Å². The van der Waals surface area contributed by atoms with E-state index < -0.39 is 5.60 Å². The number of carbonyl (C=O) groups is 1. The van der Waals surface area contributed by atoms with Gasteiger partial charge in [-0.05, 0) is 51.9 Å². The summed E-state index contributed by atoms with van der Waals surface area (Å²) in [6.45, 7) is 12.5. The number of allylic oxidation sites excluding steroid dienone is 3. The number of rotatable bonds is 2. The molecule has 19 heavy (non-hydrogen) atoms.